The van der Waals surface area contributed by atoms with Crippen molar-refractivity contribution in [2.24, 2.45) is 0 Å². The quantitative estimate of drug-likeness (QED) is 0.764. The Morgan fingerprint density at radius 2 is 2.06 bits per heavy atom. The van der Waals surface area contributed by atoms with Crippen LogP contribution in [-0.2, 0) is 11.2 Å². The Morgan fingerprint density at radius 1 is 1.35 bits per heavy atom. The number of hydrogen-bond acceptors (Lipinski definition) is 2. The molecule has 3 nitrogen and oxygen atoms in total. The highest BCUT2D eigenvalue weighted by molar-refractivity contribution is 5.68. The second-order valence-electron chi connectivity index (χ2n) is 4.16. The predicted molar refractivity (Wildman–Crippen MR) is 69.1 cm³/mol. The van der Waals surface area contributed by atoms with Crippen molar-refractivity contribution >= 4 is 5.97 Å². The second kappa shape index (κ2) is 7.07. The third-order valence-corrected chi connectivity index (χ3v) is 2.83. The number of aliphatic carboxylic acids is 1. The summed E-state index contributed by atoms with van der Waals surface area (Å²) in [5, 5.41) is 12.3. The van der Waals surface area contributed by atoms with Crippen molar-refractivity contribution in [2.75, 3.05) is 6.54 Å². The lowest BCUT2D eigenvalue weighted by atomic mass is 9.96. The smallest absolute Gasteiger partial charge is 0.305 e. The van der Waals surface area contributed by atoms with Gasteiger partial charge in [0.25, 0.3) is 0 Å². The minimum atomic E-state index is -0.760. The van der Waals surface area contributed by atoms with Gasteiger partial charge in [-0.3, -0.25) is 4.79 Å². The van der Waals surface area contributed by atoms with E-state index in [-0.39, 0.29) is 12.5 Å². The van der Waals surface area contributed by atoms with Crippen molar-refractivity contribution in [2.45, 2.75) is 39.2 Å². The van der Waals surface area contributed by atoms with Crippen LogP contribution in [0.2, 0.25) is 0 Å². The monoisotopic (exact) mass is 235 g/mol. The topological polar surface area (TPSA) is 49.3 Å². The number of rotatable bonds is 7. The molecule has 0 aliphatic carbocycles. The van der Waals surface area contributed by atoms with Crippen molar-refractivity contribution in [1.29, 1.82) is 0 Å². The number of carbonyl (C=O) groups is 1. The molecule has 3 heteroatoms. The van der Waals surface area contributed by atoms with Crippen LogP contribution in [-0.4, -0.2) is 17.6 Å². The van der Waals surface area contributed by atoms with Crippen molar-refractivity contribution in [3.05, 3.63) is 35.4 Å². The van der Waals surface area contributed by atoms with Crippen LogP contribution in [0.1, 0.15) is 43.9 Å². The summed E-state index contributed by atoms with van der Waals surface area (Å²) < 4.78 is 0. The maximum absolute atomic E-state index is 10.9. The lowest BCUT2D eigenvalue weighted by molar-refractivity contribution is -0.137. The number of carboxylic acid groups (broad SMARTS) is 1. The van der Waals surface area contributed by atoms with E-state index in [1.54, 1.807) is 0 Å². The van der Waals surface area contributed by atoms with Crippen LogP contribution in [0.15, 0.2) is 24.3 Å². The van der Waals surface area contributed by atoms with Gasteiger partial charge in [0.1, 0.15) is 0 Å². The molecule has 0 radical (unpaired) electrons. The van der Waals surface area contributed by atoms with Crippen molar-refractivity contribution < 1.29 is 9.90 Å². The molecule has 17 heavy (non-hydrogen) atoms. The van der Waals surface area contributed by atoms with E-state index in [1.807, 2.05) is 18.2 Å². The van der Waals surface area contributed by atoms with Crippen LogP contribution in [0.5, 0.6) is 0 Å². The standard InChI is InChI=1S/C14H21NO2/c1-3-9-15-13(10-14(16)17)12-8-6-5-7-11(12)4-2/h5-8,13,15H,3-4,9-10H2,1-2H3,(H,16,17). The number of nitrogens with one attached hydrogen (secondary N) is 1. The molecular formula is C14H21NO2. The molecule has 1 atom stereocenters. The molecule has 0 aliphatic rings. The summed E-state index contributed by atoms with van der Waals surface area (Å²) in [6.45, 7) is 5.02. The molecule has 0 heterocycles. The first-order valence-electron chi connectivity index (χ1n) is 6.22. The Balaban J connectivity index is 2.90. The number of carboxylic acids is 1. The molecule has 1 rings (SSSR count). The number of benzene rings is 1. The summed E-state index contributed by atoms with van der Waals surface area (Å²) in [4.78, 5) is 10.9. The summed E-state index contributed by atoms with van der Waals surface area (Å²) in [7, 11) is 0. The number of hydrogen-bond donors (Lipinski definition) is 2. The molecule has 0 fully saturated rings. The van der Waals surface area contributed by atoms with Gasteiger partial charge in [0.15, 0.2) is 0 Å². The van der Waals surface area contributed by atoms with Crippen molar-refractivity contribution in [1.82, 2.24) is 5.32 Å². The first-order chi connectivity index (χ1) is 8.19. The Bertz CT molecular complexity index is 363. The summed E-state index contributed by atoms with van der Waals surface area (Å²) in [5.41, 5.74) is 2.34. The van der Waals surface area contributed by atoms with Crippen LogP contribution in [0.3, 0.4) is 0 Å². The zero-order valence-corrected chi connectivity index (χ0v) is 10.6. The van der Waals surface area contributed by atoms with Gasteiger partial charge in [0.2, 0.25) is 0 Å². The van der Waals surface area contributed by atoms with Crippen LogP contribution >= 0.6 is 0 Å². The van der Waals surface area contributed by atoms with E-state index in [1.165, 1.54) is 5.56 Å². The van der Waals surface area contributed by atoms with Crippen LogP contribution in [0, 0.1) is 0 Å². The molecule has 0 amide bonds. The first kappa shape index (κ1) is 13.7. The van der Waals surface area contributed by atoms with Crippen LogP contribution < -0.4 is 5.32 Å². The molecule has 0 saturated carbocycles. The Labute approximate surface area is 103 Å². The van der Waals surface area contributed by atoms with Gasteiger partial charge >= 0.3 is 5.97 Å². The van der Waals surface area contributed by atoms with Gasteiger partial charge in [-0.2, -0.15) is 0 Å². The van der Waals surface area contributed by atoms with Gasteiger partial charge in [-0.25, -0.2) is 0 Å². The summed E-state index contributed by atoms with van der Waals surface area (Å²) in [6, 6.07) is 7.98. The molecule has 94 valence electrons. The fraction of sp³-hybridized carbons (Fsp3) is 0.500. The van der Waals surface area contributed by atoms with Crippen molar-refractivity contribution in [3.8, 4) is 0 Å². The molecule has 0 spiro atoms. The Morgan fingerprint density at radius 3 is 2.65 bits per heavy atom. The third kappa shape index (κ3) is 4.19. The van der Waals surface area contributed by atoms with Gasteiger partial charge in [-0.1, -0.05) is 38.1 Å². The first-order valence-corrected chi connectivity index (χ1v) is 6.22. The highest BCUT2D eigenvalue weighted by atomic mass is 16.4. The molecule has 0 saturated heterocycles. The van der Waals surface area contributed by atoms with Crippen molar-refractivity contribution in [3.63, 3.8) is 0 Å². The third-order valence-electron chi connectivity index (χ3n) is 2.83. The molecule has 1 aromatic carbocycles. The highest BCUT2D eigenvalue weighted by Gasteiger charge is 2.16. The number of aryl methyl sites for hydroxylation is 1. The van der Waals surface area contributed by atoms with Gasteiger partial charge in [-0.05, 0) is 30.5 Å². The van der Waals surface area contributed by atoms with E-state index in [0.717, 1.165) is 24.9 Å². The summed E-state index contributed by atoms with van der Waals surface area (Å²) >= 11 is 0. The Hall–Kier alpha value is -1.35. The highest BCUT2D eigenvalue weighted by Crippen LogP contribution is 2.21. The minimum Gasteiger partial charge on any atom is -0.481 e. The van der Waals surface area contributed by atoms with E-state index in [9.17, 15) is 4.79 Å². The minimum absolute atomic E-state index is 0.0800. The molecule has 1 aromatic rings. The lowest BCUT2D eigenvalue weighted by Gasteiger charge is -2.19. The fourth-order valence-corrected chi connectivity index (χ4v) is 1.98. The van der Waals surface area contributed by atoms with E-state index in [2.05, 4.69) is 25.2 Å². The maximum Gasteiger partial charge on any atom is 0.305 e. The molecule has 0 bridgehead atoms. The van der Waals surface area contributed by atoms with E-state index < -0.39 is 5.97 Å². The predicted octanol–water partition coefficient (Wildman–Crippen LogP) is 2.76. The van der Waals surface area contributed by atoms with Gasteiger partial charge in [0, 0.05) is 6.04 Å². The molecule has 0 aliphatic heterocycles. The van der Waals surface area contributed by atoms with E-state index >= 15 is 0 Å². The molecule has 1 unspecified atom stereocenters. The zero-order chi connectivity index (χ0) is 12.7. The van der Waals surface area contributed by atoms with Crippen LogP contribution in [0.4, 0.5) is 0 Å². The summed E-state index contributed by atoms with van der Waals surface area (Å²) in [6.07, 6.45) is 2.07. The maximum atomic E-state index is 10.9. The molecule has 0 aromatic heterocycles. The molecular weight excluding hydrogens is 214 g/mol. The van der Waals surface area contributed by atoms with E-state index in [4.69, 9.17) is 5.11 Å². The summed E-state index contributed by atoms with van der Waals surface area (Å²) in [5.74, 6) is -0.760. The van der Waals surface area contributed by atoms with Gasteiger partial charge < -0.3 is 10.4 Å². The average Bonchev–Trinajstić information content (AvgIpc) is 2.34. The van der Waals surface area contributed by atoms with Crippen LogP contribution in [0.25, 0.3) is 0 Å². The normalized spacial score (nSPS) is 12.4. The largest absolute Gasteiger partial charge is 0.481 e. The van der Waals surface area contributed by atoms with Gasteiger partial charge in [0.05, 0.1) is 6.42 Å². The van der Waals surface area contributed by atoms with E-state index in [0.29, 0.717) is 0 Å². The lowest BCUT2D eigenvalue weighted by Crippen LogP contribution is -2.25. The molecule has 2 N–H and O–H groups in total. The SMILES string of the molecule is CCCNC(CC(=O)O)c1ccccc1CC. The average molecular weight is 235 g/mol. The van der Waals surface area contributed by atoms with Gasteiger partial charge in [-0.15, -0.1) is 0 Å². The fourth-order valence-electron chi connectivity index (χ4n) is 1.98. The Kier molecular flexibility index (Phi) is 5.70. The zero-order valence-electron chi connectivity index (χ0n) is 10.6. The second-order valence-corrected chi connectivity index (χ2v) is 4.16.